The molecule has 0 bridgehead atoms. The molecule has 2 aromatic rings. The Morgan fingerprint density at radius 2 is 1.20 bits per heavy atom. The Morgan fingerprint density at radius 3 is 1.55 bits per heavy atom. The van der Waals surface area contributed by atoms with E-state index in [1.54, 1.807) is 12.1 Å². The number of nitrogen functional groups attached to an aromatic ring is 1. The summed E-state index contributed by atoms with van der Waals surface area (Å²) in [6.45, 7) is 0. The van der Waals surface area contributed by atoms with E-state index in [-0.39, 0.29) is 42.4 Å². The Bertz CT molecular complexity index is 509. The lowest BCUT2D eigenvalue weighted by Crippen LogP contribution is -1.86. The van der Waals surface area contributed by atoms with Crippen LogP contribution in [0.4, 0.5) is 10.1 Å². The summed E-state index contributed by atoms with van der Waals surface area (Å²) in [5.74, 6) is -0.717. The maximum Gasteiger partial charge on any atom is 0.155 e. The number of hydrogen-bond donors (Lipinski definition) is 2. The van der Waals surface area contributed by atoms with E-state index in [1.807, 2.05) is 0 Å². The third-order valence-corrected chi connectivity index (χ3v) is 4.35. The van der Waals surface area contributed by atoms with Gasteiger partial charge in [0.05, 0.1) is 20.8 Å². The van der Waals surface area contributed by atoms with E-state index in [2.05, 4.69) is 0 Å². The largest absolute Gasteiger partial charge is 0.505 e. The second-order valence-corrected chi connectivity index (χ2v) is 5.33. The molecule has 0 atom stereocenters. The Hall–Kier alpha value is -0.580. The quantitative estimate of drug-likeness (QED) is 0.333. The molecule has 0 aliphatic rings. The molecule has 20 heavy (non-hydrogen) atoms. The molecule has 0 aliphatic carbocycles. The van der Waals surface area contributed by atoms with Crippen LogP contribution in [0.5, 0.6) is 5.75 Å². The Labute approximate surface area is 139 Å². The van der Waals surface area contributed by atoms with Crippen LogP contribution in [0.3, 0.4) is 0 Å². The van der Waals surface area contributed by atoms with Gasteiger partial charge in [-0.05, 0) is 12.1 Å². The van der Waals surface area contributed by atoms with E-state index >= 15 is 0 Å². The maximum absolute atomic E-state index is 12.2. The number of phenolic OH excluding ortho intramolecular Hbond substituents is 1. The molecule has 0 spiro atoms. The molecule has 0 radical (unpaired) electrons. The van der Waals surface area contributed by atoms with E-state index in [4.69, 9.17) is 63.7 Å². The predicted molar refractivity (Wildman–Crippen MR) is 84.0 cm³/mol. The van der Waals surface area contributed by atoms with Crippen LogP contribution in [0.15, 0.2) is 24.3 Å². The van der Waals surface area contributed by atoms with Crippen LogP contribution in [0, 0.1) is 5.82 Å². The molecule has 0 fully saturated rings. The highest BCUT2D eigenvalue weighted by atomic mass is 35.5. The Morgan fingerprint density at radius 1 is 0.800 bits per heavy atom. The zero-order valence-corrected chi connectivity index (χ0v) is 13.4. The number of phenols is 1. The van der Waals surface area contributed by atoms with Gasteiger partial charge >= 0.3 is 0 Å². The monoisotopic (exact) mass is 375 g/mol. The van der Waals surface area contributed by atoms with Crippen LogP contribution in [-0.2, 0) is 0 Å². The van der Waals surface area contributed by atoms with Crippen molar-refractivity contribution in [2.24, 2.45) is 0 Å². The summed E-state index contributed by atoms with van der Waals surface area (Å²) < 4.78 is 12.2. The summed E-state index contributed by atoms with van der Waals surface area (Å²) in [5.41, 5.74) is 5.35. The standard InChI is InChI=1S/C6HCl5O.C6H6FN/c7-1-2(8)4(10)6(12)5(11)3(1)9;7-5-3-1-2-4-6(5)8/h12H;1-4H,8H2. The van der Waals surface area contributed by atoms with Crippen molar-refractivity contribution in [3.63, 3.8) is 0 Å². The van der Waals surface area contributed by atoms with Gasteiger partial charge in [0.15, 0.2) is 5.75 Å². The first kappa shape index (κ1) is 17.5. The molecule has 2 nitrogen and oxygen atoms in total. The van der Waals surface area contributed by atoms with Crippen molar-refractivity contribution in [2.75, 3.05) is 5.73 Å². The highest BCUT2D eigenvalue weighted by Crippen LogP contribution is 2.47. The summed E-state index contributed by atoms with van der Waals surface area (Å²) in [5, 5.41) is 9.01. The third-order valence-electron chi connectivity index (χ3n) is 2.09. The van der Waals surface area contributed by atoms with Crippen LogP contribution < -0.4 is 5.73 Å². The molecule has 0 saturated carbocycles. The molecule has 0 aliphatic heterocycles. The smallest absolute Gasteiger partial charge is 0.155 e. The van der Waals surface area contributed by atoms with Crippen LogP contribution in [0.25, 0.3) is 0 Å². The van der Waals surface area contributed by atoms with Crippen molar-refractivity contribution < 1.29 is 9.50 Å². The van der Waals surface area contributed by atoms with Crippen LogP contribution in [-0.4, -0.2) is 5.11 Å². The van der Waals surface area contributed by atoms with Crippen molar-refractivity contribution in [3.8, 4) is 5.75 Å². The Balaban J connectivity index is 0.000000217. The average molecular weight is 377 g/mol. The topological polar surface area (TPSA) is 46.2 Å². The van der Waals surface area contributed by atoms with Gasteiger partial charge in [0.2, 0.25) is 0 Å². The lowest BCUT2D eigenvalue weighted by atomic mass is 10.3. The highest BCUT2D eigenvalue weighted by molar-refractivity contribution is 6.55. The van der Waals surface area contributed by atoms with Crippen molar-refractivity contribution in [3.05, 3.63) is 55.2 Å². The van der Waals surface area contributed by atoms with Gasteiger partial charge in [-0.1, -0.05) is 70.1 Å². The second kappa shape index (κ2) is 7.43. The number of para-hydroxylation sites is 1. The molecule has 8 heteroatoms. The molecule has 2 rings (SSSR count). The summed E-state index contributed by atoms with van der Waals surface area (Å²) in [6, 6.07) is 6.15. The summed E-state index contributed by atoms with van der Waals surface area (Å²) in [7, 11) is 0. The van der Waals surface area contributed by atoms with Crippen LogP contribution >= 0.6 is 58.0 Å². The number of nitrogens with two attached hydrogens (primary N) is 1. The molecule has 0 unspecified atom stereocenters. The van der Waals surface area contributed by atoms with E-state index in [0.29, 0.717) is 0 Å². The average Bonchev–Trinajstić information content (AvgIpc) is 2.45. The van der Waals surface area contributed by atoms with Gasteiger partial charge in [-0.2, -0.15) is 0 Å². The highest BCUT2D eigenvalue weighted by Gasteiger charge is 2.18. The van der Waals surface area contributed by atoms with Gasteiger partial charge in [0.1, 0.15) is 15.9 Å². The molecular formula is C12H7Cl5FNO. The Kier molecular flexibility index (Phi) is 6.49. The SMILES string of the molecule is Nc1ccccc1F.Oc1c(Cl)c(Cl)c(Cl)c(Cl)c1Cl. The van der Waals surface area contributed by atoms with Gasteiger partial charge in [0.25, 0.3) is 0 Å². The minimum Gasteiger partial charge on any atom is -0.505 e. The first-order valence-corrected chi connectivity index (χ1v) is 6.86. The van der Waals surface area contributed by atoms with Crippen LogP contribution in [0.2, 0.25) is 25.1 Å². The van der Waals surface area contributed by atoms with Crippen molar-refractivity contribution in [1.29, 1.82) is 0 Å². The zero-order valence-electron chi connectivity index (χ0n) is 9.60. The number of benzene rings is 2. The molecule has 0 amide bonds. The second-order valence-electron chi connectivity index (χ2n) is 3.44. The lowest BCUT2D eigenvalue weighted by Gasteiger charge is -2.06. The summed E-state index contributed by atoms with van der Waals surface area (Å²) >= 11 is 27.9. The maximum atomic E-state index is 12.2. The van der Waals surface area contributed by atoms with E-state index < -0.39 is 0 Å². The predicted octanol–water partition coefficient (Wildman–Crippen LogP) is 6.07. The fourth-order valence-electron chi connectivity index (χ4n) is 1.07. The first-order chi connectivity index (χ1) is 9.27. The normalized spacial score (nSPS) is 9.90. The summed E-state index contributed by atoms with van der Waals surface area (Å²) in [4.78, 5) is 0. The minimum atomic E-state index is -0.363. The molecule has 0 saturated heterocycles. The van der Waals surface area contributed by atoms with E-state index in [0.717, 1.165) is 0 Å². The van der Waals surface area contributed by atoms with Gasteiger partial charge < -0.3 is 10.8 Å². The van der Waals surface area contributed by atoms with E-state index in [1.165, 1.54) is 12.1 Å². The van der Waals surface area contributed by atoms with Crippen molar-refractivity contribution in [2.45, 2.75) is 0 Å². The van der Waals surface area contributed by atoms with Gasteiger partial charge in [-0.3, -0.25) is 0 Å². The molecule has 2 aromatic carbocycles. The van der Waals surface area contributed by atoms with E-state index in [9.17, 15) is 9.50 Å². The molecule has 0 aromatic heterocycles. The number of halogens is 6. The van der Waals surface area contributed by atoms with Gasteiger partial charge in [0, 0.05) is 0 Å². The fourth-order valence-corrected chi connectivity index (χ4v) is 2.20. The molecule has 3 N–H and O–H groups in total. The number of rotatable bonds is 0. The van der Waals surface area contributed by atoms with Crippen molar-refractivity contribution >= 4 is 63.7 Å². The van der Waals surface area contributed by atoms with Gasteiger partial charge in [-0.25, -0.2) is 4.39 Å². The minimum absolute atomic E-state index is 0.00904. The third kappa shape index (κ3) is 3.96. The van der Waals surface area contributed by atoms with Crippen molar-refractivity contribution in [1.82, 2.24) is 0 Å². The fraction of sp³-hybridized carbons (Fsp3) is 0. The number of anilines is 1. The van der Waals surface area contributed by atoms with Crippen LogP contribution in [0.1, 0.15) is 0 Å². The molecule has 108 valence electrons. The summed E-state index contributed by atoms with van der Waals surface area (Å²) in [6.07, 6.45) is 0. The molecule has 0 heterocycles. The molecular weight excluding hydrogens is 370 g/mol. The number of hydrogen-bond acceptors (Lipinski definition) is 2. The first-order valence-electron chi connectivity index (χ1n) is 4.97. The number of aromatic hydroxyl groups is 1. The zero-order chi connectivity index (χ0) is 15.4. The lowest BCUT2D eigenvalue weighted by molar-refractivity contribution is 0.476. The van der Waals surface area contributed by atoms with Gasteiger partial charge in [-0.15, -0.1) is 0 Å².